The van der Waals surface area contributed by atoms with Crippen molar-refractivity contribution in [2.45, 2.75) is 38.1 Å². The van der Waals surface area contributed by atoms with E-state index in [4.69, 9.17) is 15.2 Å². The van der Waals surface area contributed by atoms with E-state index in [2.05, 4.69) is 15.6 Å². The van der Waals surface area contributed by atoms with Gasteiger partial charge in [-0.3, -0.25) is 9.79 Å². The molecule has 0 saturated heterocycles. The summed E-state index contributed by atoms with van der Waals surface area (Å²) in [5.74, 6) is 1.57. The number of aliphatic imine (C=N–C) groups is 1. The topological polar surface area (TPSA) is 98.0 Å². The molecule has 4 N–H and O–H groups in total. The molecular formula is C17H27IN4O3. The van der Waals surface area contributed by atoms with Gasteiger partial charge in [0.05, 0.1) is 26.5 Å². The maximum atomic E-state index is 11.8. The lowest BCUT2D eigenvalue weighted by atomic mass is 10.2. The summed E-state index contributed by atoms with van der Waals surface area (Å²) in [4.78, 5) is 16.0. The number of rotatable bonds is 7. The third-order valence-corrected chi connectivity index (χ3v) is 4.01. The van der Waals surface area contributed by atoms with Gasteiger partial charge in [-0.05, 0) is 25.0 Å². The van der Waals surface area contributed by atoms with Gasteiger partial charge in [0.15, 0.2) is 5.96 Å². The zero-order valence-corrected chi connectivity index (χ0v) is 17.0. The quantitative estimate of drug-likeness (QED) is 0.329. The van der Waals surface area contributed by atoms with Crippen molar-refractivity contribution in [2.75, 3.05) is 26.1 Å². The third-order valence-electron chi connectivity index (χ3n) is 4.01. The van der Waals surface area contributed by atoms with Crippen LogP contribution in [0, 0.1) is 0 Å². The highest BCUT2D eigenvalue weighted by molar-refractivity contribution is 14.0. The van der Waals surface area contributed by atoms with Gasteiger partial charge in [-0.15, -0.1) is 24.0 Å². The highest BCUT2D eigenvalue weighted by atomic mass is 127. The summed E-state index contributed by atoms with van der Waals surface area (Å²) in [6.45, 7) is 0.337. The van der Waals surface area contributed by atoms with Crippen LogP contribution in [0.3, 0.4) is 0 Å². The molecule has 7 nitrogen and oxygen atoms in total. The van der Waals surface area contributed by atoms with Crippen LogP contribution in [-0.4, -0.2) is 38.7 Å². The Bertz CT molecular complexity index is 589. The van der Waals surface area contributed by atoms with Crippen LogP contribution >= 0.6 is 24.0 Å². The number of nitrogens with two attached hydrogens (primary N) is 1. The SMILES string of the molecule is COc1ccc(OC)c(NC(N)=NCCC(=O)NC2CCCC2)c1.I. The lowest BCUT2D eigenvalue weighted by Gasteiger charge is -2.12. The molecule has 1 aliphatic carbocycles. The molecule has 0 aromatic heterocycles. The number of amides is 1. The van der Waals surface area contributed by atoms with E-state index in [1.165, 1.54) is 12.8 Å². The molecule has 0 spiro atoms. The molecule has 1 amide bonds. The average molecular weight is 462 g/mol. The van der Waals surface area contributed by atoms with Gasteiger partial charge in [0.1, 0.15) is 11.5 Å². The molecule has 0 radical (unpaired) electrons. The van der Waals surface area contributed by atoms with Crippen LogP contribution in [0.4, 0.5) is 5.69 Å². The van der Waals surface area contributed by atoms with Crippen molar-refractivity contribution in [3.63, 3.8) is 0 Å². The molecule has 1 aromatic rings. The average Bonchev–Trinajstić information content (AvgIpc) is 3.07. The number of hydrogen-bond acceptors (Lipinski definition) is 4. The second-order valence-electron chi connectivity index (χ2n) is 5.76. The molecule has 1 aliphatic rings. The Morgan fingerprint density at radius 2 is 2.00 bits per heavy atom. The summed E-state index contributed by atoms with van der Waals surface area (Å²) in [5.41, 5.74) is 6.54. The van der Waals surface area contributed by atoms with E-state index in [0.717, 1.165) is 12.8 Å². The second kappa shape index (κ2) is 11.0. The number of nitrogens with zero attached hydrogens (tertiary/aromatic N) is 1. The van der Waals surface area contributed by atoms with Crippen LogP contribution in [-0.2, 0) is 4.79 Å². The summed E-state index contributed by atoms with van der Waals surface area (Å²) in [6.07, 6.45) is 4.88. The van der Waals surface area contributed by atoms with Gasteiger partial charge >= 0.3 is 0 Å². The fraction of sp³-hybridized carbons (Fsp3) is 0.529. The first-order valence-electron chi connectivity index (χ1n) is 8.20. The molecule has 0 heterocycles. The molecule has 25 heavy (non-hydrogen) atoms. The smallest absolute Gasteiger partial charge is 0.222 e. The van der Waals surface area contributed by atoms with E-state index in [0.29, 0.717) is 36.2 Å². The molecule has 8 heteroatoms. The molecule has 1 saturated carbocycles. The lowest BCUT2D eigenvalue weighted by molar-refractivity contribution is -0.121. The van der Waals surface area contributed by atoms with Crippen molar-refractivity contribution in [1.82, 2.24) is 5.32 Å². The summed E-state index contributed by atoms with van der Waals surface area (Å²) in [6, 6.07) is 5.68. The minimum absolute atomic E-state index is 0. The van der Waals surface area contributed by atoms with Crippen LogP contribution in [0.5, 0.6) is 11.5 Å². The van der Waals surface area contributed by atoms with E-state index in [1.54, 1.807) is 32.4 Å². The zero-order valence-electron chi connectivity index (χ0n) is 14.7. The van der Waals surface area contributed by atoms with E-state index >= 15 is 0 Å². The van der Waals surface area contributed by atoms with Crippen LogP contribution in [0.15, 0.2) is 23.2 Å². The van der Waals surface area contributed by atoms with Crippen molar-refractivity contribution in [2.24, 2.45) is 10.7 Å². The third kappa shape index (κ3) is 6.97. The van der Waals surface area contributed by atoms with Crippen molar-refractivity contribution in [3.8, 4) is 11.5 Å². The number of halogens is 1. The minimum atomic E-state index is 0. The molecule has 0 bridgehead atoms. The highest BCUT2D eigenvalue weighted by Crippen LogP contribution is 2.28. The number of benzene rings is 1. The Kier molecular flexibility index (Phi) is 9.40. The lowest BCUT2D eigenvalue weighted by Crippen LogP contribution is -2.33. The molecule has 0 unspecified atom stereocenters. The number of carbonyl (C=O) groups excluding carboxylic acids is 1. The zero-order chi connectivity index (χ0) is 17.4. The standard InChI is InChI=1S/C17H26N4O3.HI/c1-23-13-7-8-15(24-2)14(11-13)21-17(18)19-10-9-16(22)20-12-5-3-4-6-12;/h7-8,11-12H,3-6,9-10H2,1-2H3,(H,20,22)(H3,18,19,21);1H. The van der Waals surface area contributed by atoms with Crippen LogP contribution < -0.4 is 25.8 Å². The molecule has 0 atom stereocenters. The van der Waals surface area contributed by atoms with Crippen LogP contribution in [0.2, 0.25) is 0 Å². The Morgan fingerprint density at radius 1 is 1.28 bits per heavy atom. The number of ether oxygens (including phenoxy) is 2. The predicted octanol–water partition coefficient (Wildman–Crippen LogP) is 2.50. The Balaban J connectivity index is 0.00000312. The number of hydrogen-bond donors (Lipinski definition) is 3. The molecule has 140 valence electrons. The number of carbonyl (C=O) groups is 1. The van der Waals surface area contributed by atoms with Crippen molar-refractivity contribution in [3.05, 3.63) is 18.2 Å². The van der Waals surface area contributed by atoms with E-state index < -0.39 is 0 Å². The fourth-order valence-corrected chi connectivity index (χ4v) is 2.74. The maximum Gasteiger partial charge on any atom is 0.222 e. The van der Waals surface area contributed by atoms with Gasteiger partial charge in [-0.1, -0.05) is 12.8 Å². The van der Waals surface area contributed by atoms with Crippen LogP contribution in [0.25, 0.3) is 0 Å². The van der Waals surface area contributed by atoms with Gasteiger partial charge < -0.3 is 25.8 Å². The Labute approximate surface area is 165 Å². The fourth-order valence-electron chi connectivity index (χ4n) is 2.74. The molecular weight excluding hydrogens is 435 g/mol. The monoisotopic (exact) mass is 462 g/mol. The van der Waals surface area contributed by atoms with Crippen molar-refractivity contribution < 1.29 is 14.3 Å². The number of nitrogens with one attached hydrogen (secondary N) is 2. The maximum absolute atomic E-state index is 11.8. The van der Waals surface area contributed by atoms with E-state index in [9.17, 15) is 4.79 Å². The minimum Gasteiger partial charge on any atom is -0.497 e. The number of guanidine groups is 1. The first-order valence-corrected chi connectivity index (χ1v) is 8.20. The molecule has 1 aromatic carbocycles. The first kappa shape index (κ1) is 21.3. The summed E-state index contributed by atoms with van der Waals surface area (Å²) < 4.78 is 10.5. The van der Waals surface area contributed by atoms with Gasteiger partial charge in [0, 0.05) is 18.5 Å². The largest absolute Gasteiger partial charge is 0.497 e. The Hall–Kier alpha value is -1.71. The van der Waals surface area contributed by atoms with E-state index in [1.807, 2.05) is 0 Å². The summed E-state index contributed by atoms with van der Waals surface area (Å²) >= 11 is 0. The normalized spacial score (nSPS) is 14.6. The van der Waals surface area contributed by atoms with Crippen LogP contribution in [0.1, 0.15) is 32.1 Å². The summed E-state index contributed by atoms with van der Waals surface area (Å²) in [5, 5.41) is 6.00. The van der Waals surface area contributed by atoms with Gasteiger partial charge in [0.25, 0.3) is 0 Å². The predicted molar refractivity (Wildman–Crippen MR) is 110 cm³/mol. The van der Waals surface area contributed by atoms with Gasteiger partial charge in [-0.2, -0.15) is 0 Å². The van der Waals surface area contributed by atoms with Gasteiger partial charge in [-0.25, -0.2) is 0 Å². The first-order chi connectivity index (χ1) is 11.6. The number of methoxy groups -OCH3 is 2. The van der Waals surface area contributed by atoms with Crippen molar-refractivity contribution >= 4 is 41.5 Å². The molecule has 0 aliphatic heterocycles. The van der Waals surface area contributed by atoms with Crippen molar-refractivity contribution in [1.29, 1.82) is 0 Å². The highest BCUT2D eigenvalue weighted by Gasteiger charge is 2.16. The molecule has 2 rings (SSSR count). The van der Waals surface area contributed by atoms with Gasteiger partial charge in [0.2, 0.25) is 5.91 Å². The van der Waals surface area contributed by atoms with E-state index in [-0.39, 0.29) is 35.8 Å². The number of anilines is 1. The second-order valence-corrected chi connectivity index (χ2v) is 5.76. The molecule has 1 fully saturated rings. The summed E-state index contributed by atoms with van der Waals surface area (Å²) in [7, 11) is 3.17. The Morgan fingerprint density at radius 3 is 2.64 bits per heavy atom.